The number of methoxy groups -OCH3 is 2. The lowest BCUT2D eigenvalue weighted by Gasteiger charge is -2.26. The average molecular weight is 495 g/mol. The molecule has 0 bridgehead atoms. The number of aliphatic imine (C=N–C) groups is 2. The molecule has 2 unspecified atom stereocenters. The number of hydrogen-bond acceptors (Lipinski definition) is 6. The van der Waals surface area contributed by atoms with Crippen LogP contribution in [0.3, 0.4) is 0 Å². The molecule has 0 heterocycles. The second kappa shape index (κ2) is 10.9. The summed E-state index contributed by atoms with van der Waals surface area (Å²) in [7, 11) is 3.26. The second-order valence-electron chi connectivity index (χ2n) is 11.7. The van der Waals surface area contributed by atoms with Crippen molar-refractivity contribution in [3.63, 3.8) is 0 Å². The molecule has 1 fully saturated rings. The number of hydrogen-bond donors (Lipinski definition) is 2. The van der Waals surface area contributed by atoms with Crippen LogP contribution in [0.25, 0.3) is 0 Å². The van der Waals surface area contributed by atoms with Crippen molar-refractivity contribution >= 4 is 12.4 Å². The van der Waals surface area contributed by atoms with Crippen LogP contribution in [-0.4, -0.2) is 48.9 Å². The smallest absolute Gasteiger partial charge is 0.128 e. The van der Waals surface area contributed by atoms with Gasteiger partial charge in [0.15, 0.2) is 0 Å². The Kier molecular flexibility index (Phi) is 8.37. The van der Waals surface area contributed by atoms with Gasteiger partial charge in [-0.2, -0.15) is 0 Å². The lowest BCUT2D eigenvalue weighted by atomic mass is 9.85. The van der Waals surface area contributed by atoms with Gasteiger partial charge in [0.25, 0.3) is 0 Å². The summed E-state index contributed by atoms with van der Waals surface area (Å²) in [5.41, 5.74) is 2.47. The van der Waals surface area contributed by atoms with Gasteiger partial charge in [0.2, 0.25) is 0 Å². The third kappa shape index (κ3) is 6.40. The first kappa shape index (κ1) is 27.6. The fraction of sp³-hybridized carbons (Fsp3) is 0.533. The third-order valence-electron chi connectivity index (χ3n) is 6.82. The van der Waals surface area contributed by atoms with Gasteiger partial charge in [-0.15, -0.1) is 0 Å². The second-order valence-corrected chi connectivity index (χ2v) is 11.7. The number of aromatic hydroxyl groups is 2. The molecule has 0 amide bonds. The zero-order chi connectivity index (χ0) is 26.7. The summed E-state index contributed by atoms with van der Waals surface area (Å²) in [4.78, 5) is 9.76. The van der Waals surface area contributed by atoms with Gasteiger partial charge in [0.05, 0.1) is 26.3 Å². The molecule has 2 N–H and O–H groups in total. The highest BCUT2D eigenvalue weighted by Gasteiger charge is 2.26. The molecule has 0 aliphatic heterocycles. The molecule has 2 atom stereocenters. The van der Waals surface area contributed by atoms with Gasteiger partial charge in [-0.05, 0) is 47.9 Å². The van der Waals surface area contributed by atoms with E-state index < -0.39 is 0 Å². The van der Waals surface area contributed by atoms with Crippen LogP contribution >= 0.6 is 0 Å². The van der Waals surface area contributed by atoms with Gasteiger partial charge in [0.1, 0.15) is 23.0 Å². The molecule has 1 saturated carbocycles. The van der Waals surface area contributed by atoms with Crippen molar-refractivity contribution in [3.8, 4) is 23.0 Å². The summed E-state index contributed by atoms with van der Waals surface area (Å²) in [6, 6.07) is 7.39. The van der Waals surface area contributed by atoms with E-state index >= 15 is 0 Å². The maximum atomic E-state index is 10.9. The van der Waals surface area contributed by atoms with Crippen LogP contribution in [-0.2, 0) is 10.8 Å². The molecule has 1 aliphatic carbocycles. The van der Waals surface area contributed by atoms with Gasteiger partial charge in [-0.1, -0.05) is 54.4 Å². The molecule has 3 rings (SSSR count). The summed E-state index contributed by atoms with van der Waals surface area (Å²) in [6.07, 6.45) is 7.53. The van der Waals surface area contributed by atoms with Gasteiger partial charge >= 0.3 is 0 Å². The highest BCUT2D eigenvalue weighted by atomic mass is 16.5. The summed E-state index contributed by atoms with van der Waals surface area (Å²) < 4.78 is 11.0. The lowest BCUT2D eigenvalue weighted by molar-refractivity contribution is 0.389. The van der Waals surface area contributed by atoms with Crippen molar-refractivity contribution in [3.05, 3.63) is 46.5 Å². The Balaban J connectivity index is 1.92. The predicted octanol–water partition coefficient (Wildman–Crippen LogP) is 6.56. The molecule has 196 valence electrons. The lowest BCUT2D eigenvalue weighted by Crippen LogP contribution is -2.27. The Bertz CT molecular complexity index is 1030. The first-order valence-electron chi connectivity index (χ1n) is 12.7. The highest BCUT2D eigenvalue weighted by Crippen LogP contribution is 2.37. The molecule has 0 radical (unpaired) electrons. The quantitative estimate of drug-likeness (QED) is 0.446. The van der Waals surface area contributed by atoms with Crippen LogP contribution < -0.4 is 9.47 Å². The first-order chi connectivity index (χ1) is 16.8. The van der Waals surface area contributed by atoms with Crippen molar-refractivity contribution in [2.45, 2.75) is 90.1 Å². The number of benzene rings is 2. The van der Waals surface area contributed by atoms with Crippen LogP contribution in [0.2, 0.25) is 0 Å². The Morgan fingerprint density at radius 3 is 1.36 bits per heavy atom. The van der Waals surface area contributed by atoms with E-state index in [4.69, 9.17) is 19.5 Å². The fourth-order valence-corrected chi connectivity index (χ4v) is 4.63. The summed E-state index contributed by atoms with van der Waals surface area (Å²) in [5, 5.41) is 21.9. The van der Waals surface area contributed by atoms with Gasteiger partial charge < -0.3 is 19.7 Å². The molecule has 0 aromatic heterocycles. The normalized spacial score (nSPS) is 19.2. The number of phenolic OH excluding ortho intramolecular Hbond substituents is 2. The van der Waals surface area contributed by atoms with Gasteiger partial charge in [0, 0.05) is 34.7 Å². The van der Waals surface area contributed by atoms with Crippen LogP contribution in [0, 0.1) is 0 Å². The topological polar surface area (TPSA) is 83.6 Å². The largest absolute Gasteiger partial charge is 0.507 e. The number of rotatable bonds is 6. The molecule has 6 nitrogen and oxygen atoms in total. The third-order valence-corrected chi connectivity index (χ3v) is 6.82. The summed E-state index contributed by atoms with van der Waals surface area (Å²) >= 11 is 0. The van der Waals surface area contributed by atoms with Gasteiger partial charge in [-0.3, -0.25) is 9.98 Å². The van der Waals surface area contributed by atoms with Gasteiger partial charge in [-0.25, -0.2) is 0 Å². The zero-order valence-corrected chi connectivity index (χ0v) is 23.1. The molecule has 0 saturated heterocycles. The van der Waals surface area contributed by atoms with Crippen molar-refractivity contribution in [2.75, 3.05) is 14.2 Å². The Morgan fingerprint density at radius 1 is 0.694 bits per heavy atom. The maximum absolute atomic E-state index is 10.9. The molecule has 1 aliphatic rings. The number of phenols is 2. The van der Waals surface area contributed by atoms with Crippen LogP contribution in [0.5, 0.6) is 23.0 Å². The fourth-order valence-electron chi connectivity index (χ4n) is 4.63. The minimum Gasteiger partial charge on any atom is -0.507 e. The first-order valence-corrected chi connectivity index (χ1v) is 12.7. The predicted molar refractivity (Wildman–Crippen MR) is 148 cm³/mol. The summed E-state index contributed by atoms with van der Waals surface area (Å²) in [5.74, 6) is 1.86. The molecule has 2 aromatic rings. The van der Waals surface area contributed by atoms with Crippen molar-refractivity contribution in [1.82, 2.24) is 0 Å². The van der Waals surface area contributed by atoms with E-state index in [1.807, 2.05) is 24.3 Å². The molecule has 36 heavy (non-hydrogen) atoms. The van der Waals surface area contributed by atoms with Crippen LogP contribution in [0.15, 0.2) is 34.3 Å². The van der Waals surface area contributed by atoms with E-state index in [0.29, 0.717) is 22.6 Å². The molecular weight excluding hydrogens is 452 g/mol. The number of nitrogens with zero attached hydrogens (tertiary/aromatic N) is 2. The standard InChI is InChI=1S/C30H42N2O4/c1-29(2,3)23-15-21(35-7)13-19(27(23)33)17-31-25-11-9-10-12-26(25)32-18-20-14-22(36-8)16-24(28(20)34)30(4,5)6/h13-18,25-26,33-34H,9-12H2,1-8H3/b31-17-,32-18+. The SMILES string of the molecule is COc1cc(/C=N\C2CCCCC2/N=C/c2cc(OC)cc(C(C)(C)C)c2O)c(O)c(C(C)(C)C)c1. The van der Waals surface area contributed by atoms with Crippen molar-refractivity contribution in [2.24, 2.45) is 9.98 Å². The summed E-state index contributed by atoms with van der Waals surface area (Å²) in [6.45, 7) is 12.4. The zero-order valence-electron chi connectivity index (χ0n) is 23.1. The average Bonchev–Trinajstić information content (AvgIpc) is 2.81. The van der Waals surface area contributed by atoms with Crippen LogP contribution in [0.1, 0.15) is 89.5 Å². The van der Waals surface area contributed by atoms with E-state index in [1.165, 1.54) is 0 Å². The molecule has 0 spiro atoms. The van der Waals surface area contributed by atoms with Crippen LogP contribution in [0.4, 0.5) is 0 Å². The van der Waals surface area contributed by atoms with E-state index in [-0.39, 0.29) is 34.4 Å². The van der Waals surface area contributed by atoms with E-state index in [1.54, 1.807) is 26.6 Å². The molecule has 6 heteroatoms. The Labute approximate surface area is 216 Å². The monoisotopic (exact) mass is 494 g/mol. The minimum atomic E-state index is -0.233. The van der Waals surface area contributed by atoms with Crippen molar-refractivity contribution in [1.29, 1.82) is 0 Å². The minimum absolute atomic E-state index is 0.00600. The molecule has 2 aromatic carbocycles. The molecular formula is C30H42N2O4. The maximum Gasteiger partial charge on any atom is 0.128 e. The van der Waals surface area contributed by atoms with E-state index in [9.17, 15) is 10.2 Å². The van der Waals surface area contributed by atoms with E-state index in [2.05, 4.69) is 41.5 Å². The van der Waals surface area contributed by atoms with Crippen molar-refractivity contribution < 1.29 is 19.7 Å². The Morgan fingerprint density at radius 2 is 1.06 bits per heavy atom. The van der Waals surface area contributed by atoms with E-state index in [0.717, 1.165) is 36.8 Å². The Hall–Kier alpha value is -3.02. The number of ether oxygens (including phenoxy) is 2. The highest BCUT2D eigenvalue weighted by molar-refractivity contribution is 5.86.